The Hall–Kier alpha value is -2.43. The predicted molar refractivity (Wildman–Crippen MR) is 86.7 cm³/mol. The predicted octanol–water partition coefficient (Wildman–Crippen LogP) is 2.91. The van der Waals surface area contributed by atoms with Crippen LogP contribution in [0.4, 0.5) is 11.5 Å². The molecule has 1 aromatic carbocycles. The van der Waals surface area contributed by atoms with Crippen LogP contribution in [0.3, 0.4) is 0 Å². The fourth-order valence-corrected chi connectivity index (χ4v) is 2.61. The van der Waals surface area contributed by atoms with Gasteiger partial charge in [-0.25, -0.2) is 4.98 Å². The molecular formula is C17H20N4O. The summed E-state index contributed by atoms with van der Waals surface area (Å²) in [7, 11) is 0. The number of anilines is 2. The van der Waals surface area contributed by atoms with Crippen LogP contribution in [0.25, 0.3) is 0 Å². The van der Waals surface area contributed by atoms with Crippen LogP contribution in [0.1, 0.15) is 30.5 Å². The Morgan fingerprint density at radius 2 is 2.00 bits per heavy atom. The molecule has 2 aromatic rings. The van der Waals surface area contributed by atoms with Gasteiger partial charge < -0.3 is 10.2 Å². The largest absolute Gasteiger partial charge is 0.365 e. The van der Waals surface area contributed by atoms with Gasteiger partial charge in [0.05, 0.1) is 11.9 Å². The minimum absolute atomic E-state index is 0.229. The van der Waals surface area contributed by atoms with Crippen molar-refractivity contribution in [2.75, 3.05) is 16.8 Å². The summed E-state index contributed by atoms with van der Waals surface area (Å²) in [6.45, 7) is 3.43. The maximum Gasteiger partial charge on any atom is 0.226 e. The quantitative estimate of drug-likeness (QED) is 0.942. The summed E-state index contributed by atoms with van der Waals surface area (Å²) in [6, 6.07) is 8.13. The number of hydrogen-bond acceptors (Lipinski definition) is 4. The lowest BCUT2D eigenvalue weighted by atomic mass is 10.1. The van der Waals surface area contributed by atoms with Gasteiger partial charge in [0.15, 0.2) is 0 Å². The highest BCUT2D eigenvalue weighted by Gasteiger charge is 2.19. The first kappa shape index (κ1) is 14.5. The van der Waals surface area contributed by atoms with Crippen LogP contribution in [-0.4, -0.2) is 22.4 Å². The Kier molecular flexibility index (Phi) is 4.32. The standard InChI is InChI=1S/C17H20N4O/c1-13-10-18-12-16(20-13)19-11-14-5-7-15(8-6-14)21-9-3-2-4-17(21)22/h5-8,10,12H,2-4,9,11H2,1H3,(H,19,20). The fourth-order valence-electron chi connectivity index (χ4n) is 2.61. The van der Waals surface area contributed by atoms with Crippen LogP contribution >= 0.6 is 0 Å². The Morgan fingerprint density at radius 3 is 2.73 bits per heavy atom. The van der Waals surface area contributed by atoms with Gasteiger partial charge in [0.25, 0.3) is 0 Å². The van der Waals surface area contributed by atoms with Gasteiger partial charge in [0.1, 0.15) is 5.82 Å². The molecule has 0 radical (unpaired) electrons. The molecule has 1 amide bonds. The third-order valence-electron chi connectivity index (χ3n) is 3.80. The Morgan fingerprint density at radius 1 is 1.18 bits per heavy atom. The van der Waals surface area contributed by atoms with E-state index in [0.29, 0.717) is 13.0 Å². The molecular weight excluding hydrogens is 276 g/mol. The molecule has 1 aliphatic heterocycles. The van der Waals surface area contributed by atoms with Crippen LogP contribution in [-0.2, 0) is 11.3 Å². The molecule has 0 spiro atoms. The Bertz CT molecular complexity index is 654. The number of carbonyl (C=O) groups excluding carboxylic acids is 1. The lowest BCUT2D eigenvalue weighted by molar-refractivity contribution is -0.119. The Labute approximate surface area is 130 Å². The fraction of sp³-hybridized carbons (Fsp3) is 0.353. The van der Waals surface area contributed by atoms with Crippen molar-refractivity contribution in [3.63, 3.8) is 0 Å². The number of amides is 1. The summed E-state index contributed by atoms with van der Waals surface area (Å²) in [5.41, 5.74) is 3.03. The van der Waals surface area contributed by atoms with E-state index in [-0.39, 0.29) is 5.91 Å². The highest BCUT2D eigenvalue weighted by Crippen LogP contribution is 2.21. The maximum atomic E-state index is 11.9. The number of rotatable bonds is 4. The summed E-state index contributed by atoms with van der Waals surface area (Å²) in [5.74, 6) is 1.00. The van der Waals surface area contributed by atoms with E-state index in [0.717, 1.165) is 42.1 Å². The minimum Gasteiger partial charge on any atom is -0.365 e. The van der Waals surface area contributed by atoms with Crippen LogP contribution in [0.2, 0.25) is 0 Å². The molecule has 1 N–H and O–H groups in total. The zero-order chi connectivity index (χ0) is 15.4. The second-order valence-corrected chi connectivity index (χ2v) is 5.57. The first-order chi connectivity index (χ1) is 10.7. The Balaban J connectivity index is 1.63. The summed E-state index contributed by atoms with van der Waals surface area (Å²) in [4.78, 5) is 22.3. The molecule has 22 heavy (non-hydrogen) atoms. The zero-order valence-corrected chi connectivity index (χ0v) is 12.7. The second kappa shape index (κ2) is 6.56. The first-order valence-corrected chi connectivity index (χ1v) is 7.64. The van der Waals surface area contributed by atoms with Crippen molar-refractivity contribution < 1.29 is 4.79 Å². The maximum absolute atomic E-state index is 11.9. The van der Waals surface area contributed by atoms with E-state index in [1.807, 2.05) is 36.1 Å². The van der Waals surface area contributed by atoms with Crippen molar-refractivity contribution in [3.05, 3.63) is 47.9 Å². The highest BCUT2D eigenvalue weighted by atomic mass is 16.2. The lowest BCUT2D eigenvalue weighted by Crippen LogP contribution is -2.35. The van der Waals surface area contributed by atoms with Crippen molar-refractivity contribution in [3.8, 4) is 0 Å². The molecule has 0 bridgehead atoms. The van der Waals surface area contributed by atoms with Gasteiger partial charge in [-0.1, -0.05) is 12.1 Å². The number of hydrogen-bond donors (Lipinski definition) is 1. The first-order valence-electron chi connectivity index (χ1n) is 7.64. The minimum atomic E-state index is 0.229. The molecule has 1 fully saturated rings. The second-order valence-electron chi connectivity index (χ2n) is 5.57. The van der Waals surface area contributed by atoms with Crippen LogP contribution in [0.15, 0.2) is 36.7 Å². The summed E-state index contributed by atoms with van der Waals surface area (Å²) < 4.78 is 0. The molecule has 0 atom stereocenters. The van der Waals surface area contributed by atoms with Crippen molar-refractivity contribution in [1.82, 2.24) is 9.97 Å². The van der Waals surface area contributed by atoms with E-state index in [2.05, 4.69) is 15.3 Å². The summed E-state index contributed by atoms with van der Waals surface area (Å²) in [6.07, 6.45) is 6.20. The number of nitrogens with zero attached hydrogens (tertiary/aromatic N) is 3. The average Bonchev–Trinajstić information content (AvgIpc) is 2.54. The smallest absolute Gasteiger partial charge is 0.226 e. The van der Waals surface area contributed by atoms with E-state index < -0.39 is 0 Å². The van der Waals surface area contributed by atoms with Crippen molar-refractivity contribution in [2.45, 2.75) is 32.7 Å². The molecule has 3 rings (SSSR count). The third-order valence-corrected chi connectivity index (χ3v) is 3.80. The number of benzene rings is 1. The molecule has 114 valence electrons. The molecule has 0 unspecified atom stereocenters. The molecule has 5 nitrogen and oxygen atoms in total. The van der Waals surface area contributed by atoms with Gasteiger partial charge in [-0.05, 0) is 37.5 Å². The lowest BCUT2D eigenvalue weighted by Gasteiger charge is -2.26. The van der Waals surface area contributed by atoms with Crippen molar-refractivity contribution in [1.29, 1.82) is 0 Å². The highest BCUT2D eigenvalue weighted by molar-refractivity contribution is 5.93. The average molecular weight is 296 g/mol. The van der Waals surface area contributed by atoms with Gasteiger partial charge >= 0.3 is 0 Å². The number of aryl methyl sites for hydroxylation is 1. The topological polar surface area (TPSA) is 58.1 Å². The number of aromatic nitrogens is 2. The van der Waals surface area contributed by atoms with Gasteiger partial charge in [0.2, 0.25) is 5.91 Å². The number of carbonyl (C=O) groups is 1. The molecule has 0 saturated carbocycles. The molecule has 1 aromatic heterocycles. The van der Waals surface area contributed by atoms with E-state index in [1.54, 1.807) is 12.4 Å². The van der Waals surface area contributed by atoms with Gasteiger partial charge in [-0.3, -0.25) is 9.78 Å². The normalized spacial score (nSPS) is 15.0. The number of piperidine rings is 1. The molecule has 5 heteroatoms. The van der Waals surface area contributed by atoms with Crippen LogP contribution in [0.5, 0.6) is 0 Å². The van der Waals surface area contributed by atoms with E-state index in [1.165, 1.54) is 0 Å². The van der Waals surface area contributed by atoms with Crippen molar-refractivity contribution >= 4 is 17.4 Å². The molecule has 1 saturated heterocycles. The SMILES string of the molecule is Cc1cncc(NCc2ccc(N3CCCCC3=O)cc2)n1. The van der Waals surface area contributed by atoms with E-state index in [4.69, 9.17) is 0 Å². The zero-order valence-electron chi connectivity index (χ0n) is 12.7. The van der Waals surface area contributed by atoms with E-state index >= 15 is 0 Å². The third kappa shape index (κ3) is 3.42. The summed E-state index contributed by atoms with van der Waals surface area (Å²) >= 11 is 0. The van der Waals surface area contributed by atoms with Gasteiger partial charge in [0, 0.05) is 31.4 Å². The molecule has 2 heterocycles. The number of nitrogens with one attached hydrogen (secondary N) is 1. The van der Waals surface area contributed by atoms with Crippen LogP contribution in [0, 0.1) is 6.92 Å². The van der Waals surface area contributed by atoms with Crippen molar-refractivity contribution in [2.24, 2.45) is 0 Å². The van der Waals surface area contributed by atoms with Gasteiger partial charge in [-0.2, -0.15) is 0 Å². The van der Waals surface area contributed by atoms with E-state index in [9.17, 15) is 4.79 Å². The van der Waals surface area contributed by atoms with Crippen LogP contribution < -0.4 is 10.2 Å². The summed E-state index contributed by atoms with van der Waals surface area (Å²) in [5, 5.41) is 3.26. The van der Waals surface area contributed by atoms with Gasteiger partial charge in [-0.15, -0.1) is 0 Å². The molecule has 0 aliphatic carbocycles. The molecule has 1 aliphatic rings. The monoisotopic (exact) mass is 296 g/mol.